The zero-order chi connectivity index (χ0) is 11.5. The average Bonchev–Trinajstić information content (AvgIpc) is 2.65. The molecule has 0 radical (unpaired) electrons. The smallest absolute Gasteiger partial charge is 0.295 e. The third kappa shape index (κ3) is 2.25. The summed E-state index contributed by atoms with van der Waals surface area (Å²) in [4.78, 5) is 15.7. The molecule has 1 N–H and O–H groups in total. The Bertz CT molecular complexity index is 519. The summed E-state index contributed by atoms with van der Waals surface area (Å²) in [5.41, 5.74) is 1.70. The molecule has 0 saturated carbocycles. The lowest BCUT2D eigenvalue weighted by atomic mass is 10.3. The normalized spacial score (nSPS) is 10.1. The number of carbonyl (C=O) groups excluding carboxylic acids is 1. The fourth-order valence-corrected chi connectivity index (χ4v) is 1.25. The number of amides is 1. The second-order valence-corrected chi connectivity index (χ2v) is 3.51. The van der Waals surface area contributed by atoms with E-state index in [2.05, 4.69) is 15.5 Å². The van der Waals surface area contributed by atoms with Crippen molar-refractivity contribution in [2.24, 2.45) is 0 Å². The van der Waals surface area contributed by atoms with Gasteiger partial charge in [0.15, 0.2) is 0 Å². The van der Waals surface area contributed by atoms with Crippen LogP contribution in [0.25, 0.3) is 0 Å². The summed E-state index contributed by atoms with van der Waals surface area (Å²) in [6.07, 6.45) is 1.64. The first-order valence-corrected chi connectivity index (χ1v) is 4.82. The van der Waals surface area contributed by atoms with Gasteiger partial charge >= 0.3 is 0 Å². The van der Waals surface area contributed by atoms with Gasteiger partial charge in [0.2, 0.25) is 5.76 Å². The maximum atomic E-state index is 11.7. The lowest BCUT2D eigenvalue weighted by Gasteiger charge is -2.01. The molecule has 0 aliphatic heterocycles. The Balaban J connectivity index is 2.13. The number of nitrogens with one attached hydrogen (secondary N) is 1. The van der Waals surface area contributed by atoms with Gasteiger partial charge in [0, 0.05) is 12.3 Å². The van der Waals surface area contributed by atoms with E-state index < -0.39 is 0 Å². The molecule has 1 amide bonds. The van der Waals surface area contributed by atoms with Crippen molar-refractivity contribution < 1.29 is 9.32 Å². The molecule has 82 valence electrons. The van der Waals surface area contributed by atoms with E-state index in [9.17, 15) is 4.79 Å². The van der Waals surface area contributed by atoms with Gasteiger partial charge in [-0.05, 0) is 31.5 Å². The molecule has 5 nitrogen and oxygen atoms in total. The van der Waals surface area contributed by atoms with Crippen LogP contribution in [0, 0.1) is 13.8 Å². The highest BCUT2D eigenvalue weighted by Gasteiger charge is 2.11. The van der Waals surface area contributed by atoms with Crippen molar-refractivity contribution in [3.05, 3.63) is 41.4 Å². The lowest BCUT2D eigenvalue weighted by molar-refractivity contribution is 0.0987. The Labute approximate surface area is 92.5 Å². The van der Waals surface area contributed by atoms with E-state index >= 15 is 0 Å². The Morgan fingerprint density at radius 1 is 1.38 bits per heavy atom. The Kier molecular flexibility index (Phi) is 2.68. The number of anilines is 1. The summed E-state index contributed by atoms with van der Waals surface area (Å²) < 4.78 is 4.84. The Hall–Kier alpha value is -2.17. The third-order valence-corrected chi connectivity index (χ3v) is 2.01. The number of hydrogen-bond acceptors (Lipinski definition) is 4. The van der Waals surface area contributed by atoms with Crippen molar-refractivity contribution in [2.45, 2.75) is 13.8 Å². The fourth-order valence-electron chi connectivity index (χ4n) is 1.25. The number of pyridine rings is 1. The molecule has 0 aromatic carbocycles. The zero-order valence-corrected chi connectivity index (χ0v) is 9.02. The summed E-state index contributed by atoms with van der Waals surface area (Å²) >= 11 is 0. The van der Waals surface area contributed by atoms with E-state index in [0.29, 0.717) is 11.5 Å². The molecule has 0 unspecified atom stereocenters. The van der Waals surface area contributed by atoms with Crippen LogP contribution in [-0.4, -0.2) is 16.0 Å². The van der Waals surface area contributed by atoms with Crippen molar-refractivity contribution >= 4 is 11.7 Å². The van der Waals surface area contributed by atoms with Gasteiger partial charge in [0.1, 0.15) is 5.82 Å². The summed E-state index contributed by atoms with van der Waals surface area (Å²) in [6, 6.07) is 5.21. The highest BCUT2D eigenvalue weighted by Crippen LogP contribution is 2.08. The third-order valence-electron chi connectivity index (χ3n) is 2.01. The average molecular weight is 217 g/mol. The van der Waals surface area contributed by atoms with Crippen molar-refractivity contribution in [1.29, 1.82) is 0 Å². The topological polar surface area (TPSA) is 68.0 Å². The lowest BCUT2D eigenvalue weighted by Crippen LogP contribution is -2.12. The number of aromatic nitrogens is 2. The van der Waals surface area contributed by atoms with Crippen LogP contribution in [0.4, 0.5) is 5.82 Å². The molecule has 0 spiro atoms. The monoisotopic (exact) mass is 217 g/mol. The second kappa shape index (κ2) is 4.14. The van der Waals surface area contributed by atoms with Gasteiger partial charge < -0.3 is 9.84 Å². The van der Waals surface area contributed by atoms with Gasteiger partial charge in [-0.25, -0.2) is 4.98 Å². The Morgan fingerprint density at radius 3 is 2.81 bits per heavy atom. The largest absolute Gasteiger partial charge is 0.351 e. The number of nitrogens with zero attached hydrogens (tertiary/aromatic N) is 2. The molecular weight excluding hydrogens is 206 g/mol. The summed E-state index contributed by atoms with van der Waals surface area (Å²) in [6.45, 7) is 3.68. The first kappa shape index (κ1) is 10.4. The van der Waals surface area contributed by atoms with Gasteiger partial charge in [-0.2, -0.15) is 0 Å². The number of carbonyl (C=O) groups is 1. The molecule has 5 heteroatoms. The van der Waals surface area contributed by atoms with Crippen LogP contribution in [0.1, 0.15) is 21.8 Å². The van der Waals surface area contributed by atoms with Crippen molar-refractivity contribution in [1.82, 2.24) is 10.1 Å². The first-order valence-electron chi connectivity index (χ1n) is 4.82. The highest BCUT2D eigenvalue weighted by molar-refractivity contribution is 6.01. The van der Waals surface area contributed by atoms with E-state index in [4.69, 9.17) is 4.52 Å². The van der Waals surface area contributed by atoms with E-state index in [1.807, 2.05) is 13.0 Å². The molecule has 0 aliphatic rings. The van der Waals surface area contributed by atoms with Crippen LogP contribution >= 0.6 is 0 Å². The Morgan fingerprint density at radius 2 is 2.19 bits per heavy atom. The molecule has 0 atom stereocenters. The van der Waals surface area contributed by atoms with Gasteiger partial charge in [-0.1, -0.05) is 5.16 Å². The fraction of sp³-hybridized carbons (Fsp3) is 0.182. The van der Waals surface area contributed by atoms with Crippen molar-refractivity contribution in [2.75, 3.05) is 5.32 Å². The second-order valence-electron chi connectivity index (χ2n) is 3.51. The summed E-state index contributed by atoms with van der Waals surface area (Å²) in [5.74, 6) is 0.332. The van der Waals surface area contributed by atoms with Crippen LogP contribution in [0.3, 0.4) is 0 Å². The molecule has 2 heterocycles. The summed E-state index contributed by atoms with van der Waals surface area (Å²) in [5, 5.41) is 6.27. The predicted molar refractivity (Wildman–Crippen MR) is 58.2 cm³/mol. The van der Waals surface area contributed by atoms with Crippen LogP contribution < -0.4 is 5.32 Å². The molecule has 0 fully saturated rings. The summed E-state index contributed by atoms with van der Waals surface area (Å²) in [7, 11) is 0. The van der Waals surface area contributed by atoms with Gasteiger partial charge in [0.05, 0.1) is 5.69 Å². The zero-order valence-electron chi connectivity index (χ0n) is 9.02. The predicted octanol–water partition coefficient (Wildman–Crippen LogP) is 1.94. The molecule has 0 bridgehead atoms. The van der Waals surface area contributed by atoms with E-state index in [1.54, 1.807) is 25.3 Å². The quantitative estimate of drug-likeness (QED) is 0.834. The van der Waals surface area contributed by atoms with Crippen LogP contribution in [0.2, 0.25) is 0 Å². The minimum absolute atomic E-state index is 0.181. The first-order chi connectivity index (χ1) is 7.65. The molecule has 16 heavy (non-hydrogen) atoms. The van der Waals surface area contributed by atoms with Crippen LogP contribution in [0.15, 0.2) is 28.9 Å². The minimum Gasteiger partial charge on any atom is -0.351 e. The number of aryl methyl sites for hydroxylation is 2. The number of hydrogen-bond donors (Lipinski definition) is 1. The number of rotatable bonds is 2. The molecule has 0 saturated heterocycles. The van der Waals surface area contributed by atoms with Crippen LogP contribution in [0.5, 0.6) is 0 Å². The van der Waals surface area contributed by atoms with Gasteiger partial charge in [-0.15, -0.1) is 0 Å². The van der Waals surface area contributed by atoms with Gasteiger partial charge in [0.25, 0.3) is 5.91 Å². The molecular formula is C11H11N3O2. The molecule has 2 rings (SSSR count). The van der Waals surface area contributed by atoms with Crippen LogP contribution in [-0.2, 0) is 0 Å². The SMILES string of the molecule is Cc1ccnc(NC(=O)c2cc(C)no2)c1. The van der Waals surface area contributed by atoms with E-state index in [1.165, 1.54) is 0 Å². The molecule has 0 aliphatic carbocycles. The van der Waals surface area contributed by atoms with Gasteiger partial charge in [-0.3, -0.25) is 4.79 Å². The standard InChI is InChI=1S/C11H11N3O2/c1-7-3-4-12-10(5-7)13-11(15)9-6-8(2)14-16-9/h3-6H,1-2H3,(H,12,13,15). The minimum atomic E-state index is -0.348. The van der Waals surface area contributed by atoms with Crippen molar-refractivity contribution in [3.63, 3.8) is 0 Å². The highest BCUT2D eigenvalue weighted by atomic mass is 16.5. The maximum absolute atomic E-state index is 11.7. The maximum Gasteiger partial charge on any atom is 0.295 e. The van der Waals surface area contributed by atoms with E-state index in [0.717, 1.165) is 5.56 Å². The molecule has 2 aromatic heterocycles. The molecule has 2 aromatic rings. The van der Waals surface area contributed by atoms with E-state index in [-0.39, 0.29) is 11.7 Å². The van der Waals surface area contributed by atoms with Crippen molar-refractivity contribution in [3.8, 4) is 0 Å².